The van der Waals surface area contributed by atoms with Crippen LogP contribution in [-0.4, -0.2) is 30.4 Å². The van der Waals surface area contributed by atoms with Crippen molar-refractivity contribution in [3.63, 3.8) is 0 Å². The molecule has 0 saturated carbocycles. The Kier molecular flexibility index (Phi) is 3.38. The number of aromatic nitrogens is 2. The van der Waals surface area contributed by atoms with Crippen molar-refractivity contribution >= 4 is 16.9 Å². The summed E-state index contributed by atoms with van der Waals surface area (Å²) in [5.74, 6) is -0.661. The highest BCUT2D eigenvalue weighted by atomic mass is 16.6. The summed E-state index contributed by atoms with van der Waals surface area (Å²) in [7, 11) is 2.54. The smallest absolute Gasteiger partial charge is 0.341 e. The number of para-hydroxylation sites is 1. The lowest BCUT2D eigenvalue weighted by molar-refractivity contribution is -0.153. The highest BCUT2D eigenvalue weighted by Gasteiger charge is 2.26. The third kappa shape index (κ3) is 1.98. The summed E-state index contributed by atoms with van der Waals surface area (Å²) in [5.41, 5.74) is 0.246. The van der Waals surface area contributed by atoms with E-state index in [2.05, 4.69) is 14.9 Å². The molecule has 1 aromatic carbocycles. The fourth-order valence-corrected chi connectivity index (χ4v) is 1.69. The molecule has 2 aromatic rings. The van der Waals surface area contributed by atoms with E-state index in [1.807, 2.05) is 0 Å². The van der Waals surface area contributed by atoms with E-state index >= 15 is 0 Å². The lowest BCUT2D eigenvalue weighted by Crippen LogP contribution is -2.25. The van der Waals surface area contributed by atoms with Crippen LogP contribution in [-0.2, 0) is 14.3 Å². The van der Waals surface area contributed by atoms with Crippen LogP contribution in [0.5, 0.6) is 0 Å². The zero-order valence-corrected chi connectivity index (χ0v) is 9.97. The van der Waals surface area contributed by atoms with Gasteiger partial charge in [-0.1, -0.05) is 12.1 Å². The number of carbonyl (C=O) groups is 1. The highest BCUT2D eigenvalue weighted by Crippen LogP contribution is 2.14. The molecule has 18 heavy (non-hydrogen) atoms. The largest absolute Gasteiger partial charge is 0.467 e. The van der Waals surface area contributed by atoms with Crippen molar-refractivity contribution in [2.75, 3.05) is 14.2 Å². The average Bonchev–Trinajstić information content (AvgIpc) is 2.42. The first-order valence-electron chi connectivity index (χ1n) is 5.27. The van der Waals surface area contributed by atoms with Gasteiger partial charge in [0.05, 0.1) is 12.6 Å². The van der Waals surface area contributed by atoms with Gasteiger partial charge in [-0.05, 0) is 12.1 Å². The van der Waals surface area contributed by atoms with Crippen LogP contribution in [0.1, 0.15) is 11.8 Å². The van der Waals surface area contributed by atoms with E-state index in [1.54, 1.807) is 24.3 Å². The van der Waals surface area contributed by atoms with E-state index < -0.39 is 12.1 Å². The number of methoxy groups -OCH3 is 2. The number of nitrogens with zero attached hydrogens (tertiary/aromatic N) is 1. The van der Waals surface area contributed by atoms with Crippen molar-refractivity contribution in [2.24, 2.45) is 0 Å². The molecule has 0 amide bonds. The minimum Gasteiger partial charge on any atom is -0.467 e. The van der Waals surface area contributed by atoms with Crippen LogP contribution in [0.15, 0.2) is 29.1 Å². The Morgan fingerprint density at radius 2 is 2.06 bits per heavy atom. The minimum atomic E-state index is -1.12. The Balaban J connectivity index is 2.61. The Morgan fingerprint density at radius 1 is 1.33 bits per heavy atom. The number of carbonyl (C=O) groups excluding carboxylic acids is 1. The molecule has 0 fully saturated rings. The van der Waals surface area contributed by atoms with Gasteiger partial charge in [-0.15, -0.1) is 0 Å². The van der Waals surface area contributed by atoms with Crippen molar-refractivity contribution in [3.8, 4) is 0 Å². The molecule has 0 aliphatic rings. The summed E-state index contributed by atoms with van der Waals surface area (Å²) in [6.07, 6.45) is -1.12. The number of rotatable bonds is 3. The number of fused-ring (bicyclic) bond motifs is 1. The van der Waals surface area contributed by atoms with E-state index in [0.717, 1.165) is 0 Å². The van der Waals surface area contributed by atoms with Crippen molar-refractivity contribution in [1.29, 1.82) is 0 Å². The molecule has 0 aliphatic heterocycles. The molecule has 0 radical (unpaired) electrons. The SMILES string of the molecule is COC(=O)C(OC)c1n[nH]c2ccccc2c1=O. The van der Waals surface area contributed by atoms with Crippen LogP contribution in [0.2, 0.25) is 0 Å². The molecule has 0 bridgehead atoms. The van der Waals surface area contributed by atoms with E-state index in [1.165, 1.54) is 14.2 Å². The van der Waals surface area contributed by atoms with Crippen LogP contribution in [0.25, 0.3) is 10.9 Å². The molecular weight excluding hydrogens is 236 g/mol. The first-order chi connectivity index (χ1) is 8.69. The van der Waals surface area contributed by atoms with E-state index in [-0.39, 0.29) is 11.1 Å². The van der Waals surface area contributed by atoms with E-state index in [9.17, 15) is 9.59 Å². The third-order valence-corrected chi connectivity index (χ3v) is 2.60. The van der Waals surface area contributed by atoms with Crippen molar-refractivity contribution < 1.29 is 14.3 Å². The summed E-state index contributed by atoms with van der Waals surface area (Å²) >= 11 is 0. The molecule has 1 aromatic heterocycles. The maximum absolute atomic E-state index is 12.2. The Morgan fingerprint density at radius 3 is 2.72 bits per heavy atom. The second-order valence-electron chi connectivity index (χ2n) is 3.62. The zero-order valence-electron chi connectivity index (χ0n) is 9.97. The molecule has 0 spiro atoms. The quantitative estimate of drug-likeness (QED) is 0.812. The van der Waals surface area contributed by atoms with Crippen molar-refractivity contribution in [2.45, 2.75) is 6.10 Å². The first-order valence-corrected chi connectivity index (χ1v) is 5.27. The van der Waals surface area contributed by atoms with Gasteiger partial charge in [0.1, 0.15) is 5.69 Å². The molecular formula is C12H12N2O4. The topological polar surface area (TPSA) is 81.3 Å². The van der Waals surface area contributed by atoms with Crippen LogP contribution in [0, 0.1) is 0 Å². The highest BCUT2D eigenvalue weighted by molar-refractivity contribution is 5.81. The van der Waals surface area contributed by atoms with Gasteiger partial charge in [0, 0.05) is 12.5 Å². The van der Waals surface area contributed by atoms with Gasteiger partial charge in [-0.2, -0.15) is 5.10 Å². The normalized spacial score (nSPS) is 12.3. The Bertz CT molecular complexity index is 635. The maximum atomic E-state index is 12.2. The number of H-pyrrole nitrogens is 1. The molecule has 2 rings (SSSR count). The van der Waals surface area contributed by atoms with Gasteiger partial charge >= 0.3 is 5.97 Å². The summed E-state index contributed by atoms with van der Waals surface area (Å²) in [6, 6.07) is 6.91. The molecule has 1 heterocycles. The van der Waals surface area contributed by atoms with Crippen molar-refractivity contribution in [1.82, 2.24) is 10.2 Å². The standard InChI is InChI=1S/C12H12N2O4/c1-17-11(12(16)18-2)9-10(15)7-5-3-4-6-8(7)13-14-9/h3-6,11H,1-2H3,(H,13,15). The molecule has 0 saturated heterocycles. The Labute approximate surface area is 103 Å². The predicted octanol–water partition coefficient (Wildman–Crippen LogP) is 0.784. The number of esters is 1. The second kappa shape index (κ2) is 4.97. The number of hydrogen-bond acceptors (Lipinski definition) is 5. The van der Waals surface area contributed by atoms with Gasteiger partial charge in [0.25, 0.3) is 0 Å². The van der Waals surface area contributed by atoms with Gasteiger partial charge in [-0.3, -0.25) is 9.89 Å². The lowest BCUT2D eigenvalue weighted by atomic mass is 10.1. The van der Waals surface area contributed by atoms with Crippen molar-refractivity contribution in [3.05, 3.63) is 40.2 Å². The molecule has 6 nitrogen and oxygen atoms in total. The number of hydrogen-bond donors (Lipinski definition) is 1. The monoisotopic (exact) mass is 248 g/mol. The zero-order chi connectivity index (χ0) is 13.1. The molecule has 1 unspecified atom stereocenters. The van der Waals surface area contributed by atoms with Gasteiger partial charge in [-0.25, -0.2) is 4.79 Å². The minimum absolute atomic E-state index is 0.0111. The maximum Gasteiger partial charge on any atom is 0.341 e. The number of ether oxygens (including phenoxy) is 2. The van der Waals surface area contributed by atoms with Crippen LogP contribution in [0.4, 0.5) is 0 Å². The van der Waals surface area contributed by atoms with Crippen LogP contribution < -0.4 is 5.43 Å². The average molecular weight is 248 g/mol. The number of aromatic amines is 1. The number of benzene rings is 1. The van der Waals surface area contributed by atoms with Gasteiger partial charge < -0.3 is 9.47 Å². The fraction of sp³-hybridized carbons (Fsp3) is 0.250. The fourth-order valence-electron chi connectivity index (χ4n) is 1.69. The van der Waals surface area contributed by atoms with Crippen LogP contribution in [0.3, 0.4) is 0 Å². The predicted molar refractivity (Wildman–Crippen MR) is 64.1 cm³/mol. The van der Waals surface area contributed by atoms with Crippen LogP contribution >= 0.6 is 0 Å². The molecule has 0 aliphatic carbocycles. The molecule has 1 atom stereocenters. The second-order valence-corrected chi connectivity index (χ2v) is 3.62. The summed E-state index contributed by atoms with van der Waals surface area (Å²) in [6.45, 7) is 0. The summed E-state index contributed by atoms with van der Waals surface area (Å²) in [5, 5.41) is 7.05. The van der Waals surface area contributed by atoms with E-state index in [0.29, 0.717) is 10.9 Å². The Hall–Kier alpha value is -2.21. The third-order valence-electron chi connectivity index (χ3n) is 2.60. The number of nitrogens with one attached hydrogen (secondary N) is 1. The molecule has 94 valence electrons. The summed E-state index contributed by atoms with van der Waals surface area (Å²) < 4.78 is 9.53. The molecule has 1 N–H and O–H groups in total. The molecule has 6 heteroatoms. The van der Waals surface area contributed by atoms with E-state index in [4.69, 9.17) is 4.74 Å². The first kappa shape index (κ1) is 12.3. The van der Waals surface area contributed by atoms with Gasteiger partial charge in [0.15, 0.2) is 0 Å². The van der Waals surface area contributed by atoms with Gasteiger partial charge in [0.2, 0.25) is 11.5 Å². The lowest BCUT2D eigenvalue weighted by Gasteiger charge is -2.11. The summed E-state index contributed by atoms with van der Waals surface area (Å²) in [4.78, 5) is 23.7.